The van der Waals surface area contributed by atoms with E-state index in [4.69, 9.17) is 9.47 Å². The van der Waals surface area contributed by atoms with Crippen LogP contribution in [-0.4, -0.2) is 37.4 Å². The molecule has 0 aromatic carbocycles. The molecule has 0 spiro atoms. The first kappa shape index (κ1) is 23.9. The molecule has 0 rings (SSSR count). The van der Waals surface area contributed by atoms with E-state index in [1.807, 2.05) is 34.6 Å². The lowest BCUT2D eigenvalue weighted by Gasteiger charge is -2.32. The van der Waals surface area contributed by atoms with E-state index in [-0.39, 0.29) is 17.3 Å². The zero-order valence-corrected chi connectivity index (χ0v) is 17.0. The lowest BCUT2D eigenvalue weighted by molar-refractivity contribution is -0.154. The summed E-state index contributed by atoms with van der Waals surface area (Å²) in [5.74, 6) is -0.778. The Hall–Kier alpha value is -1.10. The van der Waals surface area contributed by atoms with E-state index in [9.17, 15) is 14.7 Å². The summed E-state index contributed by atoms with van der Waals surface area (Å²) in [6.07, 6.45) is 5.28. The molecule has 1 unspecified atom stereocenters. The van der Waals surface area contributed by atoms with Gasteiger partial charge in [-0.1, -0.05) is 41.0 Å². The highest BCUT2D eigenvalue weighted by molar-refractivity contribution is 5.76. The Morgan fingerprint density at radius 3 is 1.96 bits per heavy atom. The minimum Gasteiger partial charge on any atom is -0.481 e. The van der Waals surface area contributed by atoms with Crippen LogP contribution in [0.4, 0.5) is 0 Å². The van der Waals surface area contributed by atoms with Crippen molar-refractivity contribution >= 4 is 11.9 Å². The van der Waals surface area contributed by atoms with Gasteiger partial charge < -0.3 is 14.6 Å². The molecule has 0 heterocycles. The highest BCUT2D eigenvalue weighted by Gasteiger charge is 2.39. The lowest BCUT2D eigenvalue weighted by atomic mass is 9.72. The topological polar surface area (TPSA) is 72.8 Å². The van der Waals surface area contributed by atoms with Gasteiger partial charge in [0.15, 0.2) is 0 Å². The van der Waals surface area contributed by atoms with Crippen molar-refractivity contribution in [2.45, 2.75) is 79.6 Å². The first-order chi connectivity index (χ1) is 11.8. The van der Waals surface area contributed by atoms with Gasteiger partial charge in [0.2, 0.25) is 0 Å². The maximum absolute atomic E-state index is 12.0. The number of unbranched alkanes of at least 4 members (excludes halogenated alkanes) is 1. The van der Waals surface area contributed by atoms with Crippen molar-refractivity contribution in [2.24, 2.45) is 16.7 Å². The molecule has 0 aromatic heterocycles. The molecule has 0 saturated carbocycles. The summed E-state index contributed by atoms with van der Waals surface area (Å²) in [5, 5.41) is 9.55. The molecule has 0 aliphatic carbocycles. The Balaban J connectivity index is 4.26. The van der Waals surface area contributed by atoms with Crippen LogP contribution in [0.3, 0.4) is 0 Å². The molecule has 1 atom stereocenters. The number of carboxylic acid groups (broad SMARTS) is 1. The predicted octanol–water partition coefficient (Wildman–Crippen LogP) is 4.68. The quantitative estimate of drug-likeness (QED) is 0.360. The van der Waals surface area contributed by atoms with E-state index in [1.165, 1.54) is 7.11 Å². The smallest absolute Gasteiger partial charge is 0.311 e. The molecule has 0 aliphatic rings. The third kappa shape index (κ3) is 6.28. The van der Waals surface area contributed by atoms with Crippen molar-refractivity contribution < 1.29 is 24.2 Å². The molecule has 1 N–H and O–H groups in total. The molecule has 0 bridgehead atoms. The van der Waals surface area contributed by atoms with Gasteiger partial charge in [0, 0.05) is 13.2 Å². The second-order valence-electron chi connectivity index (χ2n) is 7.27. The first-order valence-electron chi connectivity index (χ1n) is 9.65. The van der Waals surface area contributed by atoms with Gasteiger partial charge in [-0.15, -0.1) is 0 Å². The van der Waals surface area contributed by atoms with Gasteiger partial charge in [0.05, 0.1) is 17.9 Å². The minimum absolute atomic E-state index is 0.0772. The van der Waals surface area contributed by atoms with Gasteiger partial charge in [0.25, 0.3) is 0 Å². The highest BCUT2D eigenvalue weighted by Crippen LogP contribution is 2.36. The summed E-state index contributed by atoms with van der Waals surface area (Å²) in [6.45, 7) is 11.0. The summed E-state index contributed by atoms with van der Waals surface area (Å²) in [6, 6.07) is 0. The number of aliphatic carboxylic acids is 1. The Kier molecular flexibility index (Phi) is 11.0. The normalized spacial score (nSPS) is 14.4. The van der Waals surface area contributed by atoms with Gasteiger partial charge in [-0.3, -0.25) is 9.59 Å². The van der Waals surface area contributed by atoms with E-state index in [0.29, 0.717) is 26.1 Å². The van der Waals surface area contributed by atoms with Crippen molar-refractivity contribution in [3.8, 4) is 0 Å². The first-order valence-corrected chi connectivity index (χ1v) is 9.65. The van der Waals surface area contributed by atoms with E-state index < -0.39 is 11.4 Å². The van der Waals surface area contributed by atoms with Crippen molar-refractivity contribution in [2.75, 3.05) is 20.3 Å². The van der Waals surface area contributed by atoms with E-state index in [0.717, 1.165) is 32.1 Å². The van der Waals surface area contributed by atoms with E-state index in [2.05, 4.69) is 0 Å². The second kappa shape index (κ2) is 11.5. The summed E-state index contributed by atoms with van der Waals surface area (Å²) in [7, 11) is 1.45. The number of rotatable bonds is 14. The summed E-state index contributed by atoms with van der Waals surface area (Å²) in [5.41, 5.74) is -1.09. The summed E-state index contributed by atoms with van der Waals surface area (Å²) < 4.78 is 10.6. The number of carbonyl (C=O) groups is 2. The Morgan fingerprint density at radius 2 is 1.56 bits per heavy atom. The number of hydrogen-bond donors (Lipinski definition) is 1. The molecule has 148 valence electrons. The maximum atomic E-state index is 12.0. The van der Waals surface area contributed by atoms with Gasteiger partial charge >= 0.3 is 11.9 Å². The largest absolute Gasteiger partial charge is 0.481 e. The molecule has 0 saturated heterocycles. The Labute approximate surface area is 153 Å². The molecule has 0 aromatic rings. The van der Waals surface area contributed by atoms with Gasteiger partial charge in [0.1, 0.15) is 0 Å². The Bertz CT molecular complexity index is 401. The molecular formula is C20H38O5. The highest BCUT2D eigenvalue weighted by atomic mass is 16.5. The fourth-order valence-electron chi connectivity index (χ4n) is 3.61. The molecular weight excluding hydrogens is 320 g/mol. The zero-order chi connectivity index (χ0) is 19.5. The van der Waals surface area contributed by atoms with Crippen molar-refractivity contribution in [1.82, 2.24) is 0 Å². The number of ether oxygens (including phenoxy) is 2. The number of carbonyl (C=O) groups excluding carboxylic acids is 1. The molecule has 0 amide bonds. The SMILES string of the molecule is CCC(CC)(CCCCOCCC(CC)(C(=O)O)C(C)C)C(=O)OC. The fraction of sp³-hybridized carbons (Fsp3) is 0.900. The van der Waals surface area contributed by atoms with Crippen LogP contribution >= 0.6 is 0 Å². The van der Waals surface area contributed by atoms with Crippen molar-refractivity contribution in [1.29, 1.82) is 0 Å². The summed E-state index contributed by atoms with van der Waals surface area (Å²) >= 11 is 0. The molecule has 5 heteroatoms. The molecule has 0 aliphatic heterocycles. The standard InChI is InChI=1S/C20H38O5/c1-7-19(8-2,18(23)24-6)12-10-11-14-25-15-13-20(9-3,16(4)5)17(21)22/h16H,7-15H2,1-6H3,(H,21,22). The average Bonchev–Trinajstić information content (AvgIpc) is 2.60. The lowest BCUT2D eigenvalue weighted by Crippen LogP contribution is -2.37. The third-order valence-corrected chi connectivity index (χ3v) is 6.02. The monoisotopic (exact) mass is 358 g/mol. The second-order valence-corrected chi connectivity index (χ2v) is 7.27. The van der Waals surface area contributed by atoms with Crippen LogP contribution < -0.4 is 0 Å². The maximum Gasteiger partial charge on any atom is 0.311 e. The van der Waals surface area contributed by atoms with Crippen LogP contribution in [0.15, 0.2) is 0 Å². The van der Waals surface area contributed by atoms with Crippen molar-refractivity contribution in [3.63, 3.8) is 0 Å². The van der Waals surface area contributed by atoms with Gasteiger partial charge in [-0.05, 0) is 44.4 Å². The minimum atomic E-state index is -0.734. The number of carboxylic acids is 1. The molecule has 0 radical (unpaired) electrons. The zero-order valence-electron chi connectivity index (χ0n) is 17.0. The van der Waals surface area contributed by atoms with E-state index >= 15 is 0 Å². The Morgan fingerprint density at radius 1 is 0.960 bits per heavy atom. The number of hydrogen-bond acceptors (Lipinski definition) is 4. The van der Waals surface area contributed by atoms with Crippen LogP contribution in [-0.2, 0) is 19.1 Å². The van der Waals surface area contributed by atoms with Crippen LogP contribution in [0.1, 0.15) is 79.6 Å². The van der Waals surface area contributed by atoms with Crippen LogP contribution in [0.25, 0.3) is 0 Å². The predicted molar refractivity (Wildman–Crippen MR) is 99.5 cm³/mol. The third-order valence-electron chi connectivity index (χ3n) is 6.02. The van der Waals surface area contributed by atoms with Crippen molar-refractivity contribution in [3.05, 3.63) is 0 Å². The molecule has 25 heavy (non-hydrogen) atoms. The number of esters is 1. The molecule has 0 fully saturated rings. The van der Waals surface area contributed by atoms with E-state index in [1.54, 1.807) is 0 Å². The fourth-order valence-corrected chi connectivity index (χ4v) is 3.61. The molecule has 5 nitrogen and oxygen atoms in total. The average molecular weight is 359 g/mol. The number of methoxy groups -OCH3 is 1. The summed E-state index contributed by atoms with van der Waals surface area (Å²) in [4.78, 5) is 23.7. The van der Waals surface area contributed by atoms with Crippen LogP contribution in [0.5, 0.6) is 0 Å². The van der Waals surface area contributed by atoms with Gasteiger partial charge in [-0.25, -0.2) is 0 Å². The van der Waals surface area contributed by atoms with Crippen LogP contribution in [0, 0.1) is 16.7 Å². The van der Waals surface area contributed by atoms with Crippen LogP contribution in [0.2, 0.25) is 0 Å². The van der Waals surface area contributed by atoms with Gasteiger partial charge in [-0.2, -0.15) is 0 Å².